The Labute approximate surface area is 216 Å². The van der Waals surface area contributed by atoms with Crippen molar-refractivity contribution in [3.05, 3.63) is 75.5 Å². The van der Waals surface area contributed by atoms with Gasteiger partial charge in [0.2, 0.25) is 0 Å². The Hall–Kier alpha value is -2.89. The zero-order valence-electron chi connectivity index (χ0n) is 19.6. The lowest BCUT2D eigenvalue weighted by Crippen LogP contribution is -2.49. The minimum Gasteiger partial charge on any atom is -0.394 e. The number of carbonyl (C=O) groups is 1. The molecule has 1 atom stereocenters. The Morgan fingerprint density at radius 2 is 1.92 bits per heavy atom. The van der Waals surface area contributed by atoms with Crippen LogP contribution in [0.25, 0.3) is 11.3 Å². The molecule has 1 heterocycles. The van der Waals surface area contributed by atoms with E-state index in [4.69, 9.17) is 5.73 Å². The van der Waals surface area contributed by atoms with Gasteiger partial charge in [-0.05, 0) is 61.6 Å². The number of nitrogen functional groups attached to an aromatic ring is 1. The summed E-state index contributed by atoms with van der Waals surface area (Å²) in [5, 5.41) is 22.3. The Morgan fingerprint density at radius 3 is 2.56 bits per heavy atom. The maximum absolute atomic E-state index is 15.1. The van der Waals surface area contributed by atoms with E-state index in [0.717, 1.165) is 18.5 Å². The number of anilines is 1. The van der Waals surface area contributed by atoms with Gasteiger partial charge in [0, 0.05) is 16.0 Å². The fraction of sp³-hybridized carbons (Fsp3) is 0.320. The molecule has 0 radical (unpaired) electrons. The van der Waals surface area contributed by atoms with Gasteiger partial charge in [-0.3, -0.25) is 4.79 Å². The van der Waals surface area contributed by atoms with Gasteiger partial charge < -0.3 is 21.3 Å². The highest BCUT2D eigenvalue weighted by Crippen LogP contribution is 2.34. The third-order valence-electron chi connectivity index (χ3n) is 6.63. The summed E-state index contributed by atoms with van der Waals surface area (Å²) in [7, 11) is 1.52. The van der Waals surface area contributed by atoms with Crippen molar-refractivity contribution >= 4 is 35.5 Å². The maximum atomic E-state index is 15.1. The lowest BCUT2D eigenvalue weighted by atomic mass is 9.72. The van der Waals surface area contributed by atoms with Crippen molar-refractivity contribution in [2.24, 2.45) is 0 Å². The molecule has 1 aromatic heterocycles. The highest BCUT2D eigenvalue weighted by molar-refractivity contribution is 9.10. The highest BCUT2D eigenvalue weighted by Gasteiger charge is 2.30. The van der Waals surface area contributed by atoms with Crippen LogP contribution >= 0.6 is 15.9 Å². The summed E-state index contributed by atoms with van der Waals surface area (Å²) in [5.41, 5.74) is 6.15. The van der Waals surface area contributed by atoms with Crippen molar-refractivity contribution in [2.45, 2.75) is 43.1 Å². The van der Waals surface area contributed by atoms with Crippen molar-refractivity contribution in [1.82, 2.24) is 15.3 Å². The van der Waals surface area contributed by atoms with Gasteiger partial charge in [0.25, 0.3) is 5.91 Å². The molecule has 5 N–H and O–H groups in total. The van der Waals surface area contributed by atoms with Crippen LogP contribution in [0.5, 0.6) is 0 Å². The molecule has 4 rings (SSSR count). The number of nitrogens with two attached hydrogens (primary N) is 1. The van der Waals surface area contributed by atoms with Crippen LogP contribution in [-0.2, 0) is 5.44 Å². The van der Waals surface area contributed by atoms with Gasteiger partial charge >= 0.3 is 0 Å². The van der Waals surface area contributed by atoms with Gasteiger partial charge in [0.05, 0.1) is 35.6 Å². The molecular formula is C25H26BBrF2N4O3. The quantitative estimate of drug-likeness (QED) is 0.345. The van der Waals surface area contributed by atoms with E-state index in [9.17, 15) is 19.4 Å². The van der Waals surface area contributed by atoms with Gasteiger partial charge in [-0.15, -0.1) is 0 Å². The Morgan fingerprint density at radius 1 is 1.19 bits per heavy atom. The summed E-state index contributed by atoms with van der Waals surface area (Å²) in [4.78, 5) is 21.8. The largest absolute Gasteiger partial charge is 0.394 e. The molecule has 1 aliphatic carbocycles. The number of hydrogen-bond donors (Lipinski definition) is 4. The first-order valence-electron chi connectivity index (χ1n) is 11.6. The molecule has 3 aromatic rings. The Balaban J connectivity index is 1.59. The second-order valence-electron chi connectivity index (χ2n) is 9.33. The molecule has 11 heteroatoms. The molecule has 2 aromatic carbocycles. The molecule has 0 aliphatic heterocycles. The summed E-state index contributed by atoms with van der Waals surface area (Å²) < 4.78 is 29.5. The summed E-state index contributed by atoms with van der Waals surface area (Å²) in [6.45, 7) is -0.536. The molecule has 36 heavy (non-hydrogen) atoms. The number of benzene rings is 2. The number of carbonyl (C=O) groups excluding carboxylic acids is 1. The molecule has 1 saturated carbocycles. The van der Waals surface area contributed by atoms with Crippen LogP contribution in [-0.4, -0.2) is 46.6 Å². The summed E-state index contributed by atoms with van der Waals surface area (Å²) in [6, 6.07) is 8.02. The second kappa shape index (κ2) is 10.6. The number of nitrogens with zero attached hydrogens (tertiary/aromatic N) is 2. The monoisotopic (exact) mass is 558 g/mol. The number of rotatable bonds is 6. The van der Waals surface area contributed by atoms with Gasteiger partial charge in [-0.25, -0.2) is 18.7 Å². The van der Waals surface area contributed by atoms with Gasteiger partial charge in [0.1, 0.15) is 31.0 Å². The van der Waals surface area contributed by atoms with Crippen molar-refractivity contribution in [2.75, 3.05) is 12.3 Å². The Kier molecular flexibility index (Phi) is 7.72. The highest BCUT2D eigenvalue weighted by atomic mass is 79.9. The van der Waals surface area contributed by atoms with E-state index in [2.05, 4.69) is 31.2 Å². The molecule has 1 aliphatic rings. The van der Waals surface area contributed by atoms with Crippen molar-refractivity contribution < 1.29 is 23.8 Å². The van der Waals surface area contributed by atoms with E-state index in [1.807, 2.05) is 0 Å². The molecule has 7 nitrogen and oxygen atoms in total. The third-order valence-corrected chi connectivity index (χ3v) is 7.08. The third kappa shape index (κ3) is 5.58. The number of hydrogen-bond acceptors (Lipinski definition) is 6. The number of amides is 1. The molecule has 0 bridgehead atoms. The first kappa shape index (κ1) is 26.2. The van der Waals surface area contributed by atoms with E-state index < -0.39 is 29.6 Å². The van der Waals surface area contributed by atoms with Crippen LogP contribution in [0.15, 0.2) is 47.1 Å². The van der Waals surface area contributed by atoms with Gasteiger partial charge in [-0.1, -0.05) is 22.0 Å². The first-order valence-corrected chi connectivity index (χ1v) is 12.4. The fourth-order valence-electron chi connectivity index (χ4n) is 4.43. The van der Waals surface area contributed by atoms with Crippen molar-refractivity contribution in [3.63, 3.8) is 0 Å². The predicted molar refractivity (Wildman–Crippen MR) is 138 cm³/mol. The minimum absolute atomic E-state index is 0.133. The number of aliphatic hydroxyl groups excluding tert-OH is 2. The minimum atomic E-state index is -1.36. The van der Waals surface area contributed by atoms with E-state index >= 15 is 4.39 Å². The van der Waals surface area contributed by atoms with Crippen LogP contribution in [0.1, 0.15) is 53.2 Å². The van der Waals surface area contributed by atoms with E-state index in [-0.39, 0.29) is 23.4 Å². The zero-order valence-corrected chi connectivity index (χ0v) is 21.2. The summed E-state index contributed by atoms with van der Waals surface area (Å²) >= 11 is 3.20. The number of aliphatic hydroxyl groups is 2. The Bertz CT molecular complexity index is 1270. The van der Waals surface area contributed by atoms with Crippen molar-refractivity contribution in [1.29, 1.82) is 0 Å². The van der Waals surface area contributed by atoms with E-state index in [0.29, 0.717) is 34.1 Å². The van der Waals surface area contributed by atoms with Gasteiger partial charge in [-0.2, -0.15) is 0 Å². The van der Waals surface area contributed by atoms with Crippen LogP contribution in [0.2, 0.25) is 0 Å². The number of aromatic nitrogens is 2. The molecule has 0 unspecified atom stereocenters. The lowest BCUT2D eigenvalue weighted by molar-refractivity contribution is 0.0892. The molecule has 0 spiro atoms. The normalized spacial score (nSPS) is 19.5. The lowest BCUT2D eigenvalue weighted by Gasteiger charge is -2.30. The van der Waals surface area contributed by atoms with E-state index in [1.54, 1.807) is 12.3 Å². The average molecular weight is 559 g/mol. The van der Waals surface area contributed by atoms with E-state index in [1.165, 1.54) is 38.2 Å². The molecule has 0 saturated heterocycles. The number of nitrogens with one attached hydrogen (secondary N) is 1. The number of halogens is 3. The topological polar surface area (TPSA) is 121 Å². The SMILES string of the molecule is B[C@](CO)(NC(=O)c1ccc(-c2nc([C@H]3CC[C@H](O)CC3)cnc2N)cc1F)c1cc(F)cc(Br)c1. The summed E-state index contributed by atoms with van der Waals surface area (Å²) in [5.74, 6) is -1.86. The summed E-state index contributed by atoms with van der Waals surface area (Å²) in [6.07, 6.45) is 4.23. The average Bonchev–Trinajstić information content (AvgIpc) is 2.84. The smallest absolute Gasteiger partial charge is 0.254 e. The van der Waals surface area contributed by atoms with Crippen molar-refractivity contribution in [3.8, 4) is 11.3 Å². The van der Waals surface area contributed by atoms with Crippen LogP contribution in [0.3, 0.4) is 0 Å². The van der Waals surface area contributed by atoms with Crippen LogP contribution < -0.4 is 11.1 Å². The molecule has 1 amide bonds. The molecule has 188 valence electrons. The van der Waals surface area contributed by atoms with Gasteiger partial charge in [0.15, 0.2) is 0 Å². The first-order chi connectivity index (χ1) is 17.1. The standard InChI is InChI=1S/C25H26BBrF2N4O3/c26-25(12-34,15-8-16(27)10-17(28)9-15)33-24(36)19-6-3-14(7-20(19)29)22-23(30)31-11-21(32-22)13-1-4-18(35)5-2-13/h3,6-11,13,18,34-35H,1-2,4-5,12,26H2,(H2,30,31)(H,33,36)/t13-,18-,25-/m1/s1. The molecule has 1 fully saturated rings. The molecular weight excluding hydrogens is 533 g/mol. The fourth-order valence-corrected chi connectivity index (χ4v) is 4.90. The maximum Gasteiger partial charge on any atom is 0.254 e. The van der Waals surface area contributed by atoms with Crippen LogP contribution in [0, 0.1) is 11.6 Å². The second-order valence-corrected chi connectivity index (χ2v) is 10.2. The zero-order chi connectivity index (χ0) is 26.0. The van der Waals surface area contributed by atoms with Crippen LogP contribution in [0.4, 0.5) is 14.6 Å². The predicted octanol–water partition coefficient (Wildman–Crippen LogP) is 2.99.